The smallest absolute Gasteiger partial charge is 0.258 e. The highest BCUT2D eigenvalue weighted by molar-refractivity contribution is 6.48. The lowest BCUT2D eigenvalue weighted by molar-refractivity contribution is -0.385. The number of pyridine rings is 1. The molecule has 0 saturated carbocycles. The lowest BCUT2D eigenvalue weighted by atomic mass is 10.4. The molecule has 7 heteroatoms. The van der Waals surface area contributed by atoms with Crippen LogP contribution in [0.1, 0.15) is 0 Å². The zero-order valence-electron chi connectivity index (χ0n) is 5.42. The molecule has 0 fully saturated rings. The maximum atomic E-state index is 10.3. The molecule has 0 amide bonds. The Labute approximate surface area is 82.2 Å². The molecule has 0 N–H and O–H groups in total. The van der Waals surface area contributed by atoms with Crippen molar-refractivity contribution in [2.75, 3.05) is 0 Å². The monoisotopic (exact) mass is 226 g/mol. The Morgan fingerprint density at radius 3 is 2.42 bits per heavy atom. The van der Waals surface area contributed by atoms with Crippen LogP contribution in [-0.4, -0.2) is 9.91 Å². The van der Waals surface area contributed by atoms with Crippen LogP contribution in [0.15, 0.2) is 6.20 Å². The number of hydrogen-bond acceptors (Lipinski definition) is 3. The van der Waals surface area contributed by atoms with Gasteiger partial charge in [-0.05, 0) is 0 Å². The summed E-state index contributed by atoms with van der Waals surface area (Å²) in [5.74, 6) is 0. The van der Waals surface area contributed by atoms with Gasteiger partial charge in [-0.15, -0.1) is 0 Å². The second-order valence-corrected chi connectivity index (χ2v) is 2.93. The van der Waals surface area contributed by atoms with Gasteiger partial charge in [-0.1, -0.05) is 34.8 Å². The molecule has 0 radical (unpaired) electrons. The molecule has 0 saturated heterocycles. The highest BCUT2D eigenvalue weighted by Gasteiger charge is 2.18. The number of aromatic nitrogens is 1. The van der Waals surface area contributed by atoms with Gasteiger partial charge < -0.3 is 0 Å². The van der Waals surface area contributed by atoms with Crippen LogP contribution >= 0.6 is 34.8 Å². The van der Waals surface area contributed by atoms with Gasteiger partial charge in [-0.2, -0.15) is 0 Å². The molecule has 1 rings (SSSR count). The van der Waals surface area contributed by atoms with Gasteiger partial charge in [0.05, 0.1) is 4.92 Å². The molecule has 0 aliphatic carbocycles. The fourth-order valence-corrected chi connectivity index (χ4v) is 1.11. The Morgan fingerprint density at radius 2 is 1.92 bits per heavy atom. The zero-order chi connectivity index (χ0) is 9.30. The van der Waals surface area contributed by atoms with Crippen molar-refractivity contribution >= 4 is 40.5 Å². The summed E-state index contributed by atoms with van der Waals surface area (Å²) in [6, 6.07) is 0. The highest BCUT2D eigenvalue weighted by atomic mass is 35.5. The first kappa shape index (κ1) is 9.51. The van der Waals surface area contributed by atoms with E-state index in [1.165, 1.54) is 0 Å². The molecule has 0 unspecified atom stereocenters. The fraction of sp³-hybridized carbons (Fsp3) is 0. The summed E-state index contributed by atoms with van der Waals surface area (Å²) in [6.07, 6.45) is 0.955. The van der Waals surface area contributed by atoms with Crippen LogP contribution in [0.4, 0.5) is 5.69 Å². The first-order valence-electron chi connectivity index (χ1n) is 2.68. The maximum Gasteiger partial charge on any atom is 0.307 e. The predicted octanol–water partition coefficient (Wildman–Crippen LogP) is 2.95. The molecule has 4 nitrogen and oxygen atoms in total. The van der Waals surface area contributed by atoms with Gasteiger partial charge in [0.15, 0.2) is 0 Å². The van der Waals surface area contributed by atoms with Crippen LogP contribution in [0.2, 0.25) is 15.2 Å². The summed E-state index contributed by atoms with van der Waals surface area (Å²) in [6.45, 7) is 0. The van der Waals surface area contributed by atoms with E-state index in [-0.39, 0.29) is 20.9 Å². The fourth-order valence-electron chi connectivity index (χ4n) is 0.561. The summed E-state index contributed by atoms with van der Waals surface area (Å²) >= 11 is 16.4. The molecule has 64 valence electrons. The second kappa shape index (κ2) is 3.43. The van der Waals surface area contributed by atoms with Gasteiger partial charge in [0.25, 0.3) is 0 Å². The molecule has 0 aliphatic heterocycles. The van der Waals surface area contributed by atoms with E-state index in [4.69, 9.17) is 34.8 Å². The summed E-state index contributed by atoms with van der Waals surface area (Å²) < 4.78 is 0. The van der Waals surface area contributed by atoms with Gasteiger partial charge in [0, 0.05) is 0 Å². The molecule has 0 spiro atoms. The third-order valence-corrected chi connectivity index (χ3v) is 2.33. The van der Waals surface area contributed by atoms with Crippen molar-refractivity contribution in [1.29, 1.82) is 0 Å². The number of nitro groups is 1. The van der Waals surface area contributed by atoms with Crippen LogP contribution in [0, 0.1) is 10.1 Å². The van der Waals surface area contributed by atoms with Crippen molar-refractivity contribution in [2.45, 2.75) is 0 Å². The summed E-state index contributed by atoms with van der Waals surface area (Å²) in [5, 5.41) is 9.92. The SMILES string of the molecule is O=[N+]([O-])c1cnc(Cl)c(Cl)c1Cl. The Bertz CT molecular complexity index is 342. The molecular weight excluding hydrogens is 226 g/mol. The third-order valence-electron chi connectivity index (χ3n) is 1.10. The average molecular weight is 227 g/mol. The van der Waals surface area contributed by atoms with Crippen LogP contribution in [0.5, 0.6) is 0 Å². The summed E-state index contributed by atoms with van der Waals surface area (Å²) in [7, 11) is 0. The molecule has 1 heterocycles. The van der Waals surface area contributed by atoms with Crippen LogP contribution in [-0.2, 0) is 0 Å². The Kier molecular flexibility index (Phi) is 2.72. The lowest BCUT2D eigenvalue weighted by Gasteiger charge is -1.97. The molecule has 0 bridgehead atoms. The van der Waals surface area contributed by atoms with Crippen LogP contribution in [0.3, 0.4) is 0 Å². The van der Waals surface area contributed by atoms with E-state index in [9.17, 15) is 10.1 Å². The topological polar surface area (TPSA) is 56.0 Å². The Hall–Kier alpha value is -0.580. The molecule has 0 atom stereocenters. The van der Waals surface area contributed by atoms with Gasteiger partial charge >= 0.3 is 5.69 Å². The first-order chi connectivity index (χ1) is 5.54. The molecule has 0 aromatic carbocycles. The number of halogens is 3. The van der Waals surface area contributed by atoms with Gasteiger partial charge in [-0.25, -0.2) is 4.98 Å². The highest BCUT2D eigenvalue weighted by Crippen LogP contribution is 2.34. The van der Waals surface area contributed by atoms with E-state index in [1.807, 2.05) is 0 Å². The molecule has 1 aromatic rings. The summed E-state index contributed by atoms with van der Waals surface area (Å²) in [5.41, 5.74) is -0.355. The quantitative estimate of drug-likeness (QED) is 0.421. The van der Waals surface area contributed by atoms with Crippen molar-refractivity contribution in [1.82, 2.24) is 4.98 Å². The van der Waals surface area contributed by atoms with E-state index in [2.05, 4.69) is 4.98 Å². The minimum atomic E-state index is -0.683. The van der Waals surface area contributed by atoms with E-state index in [1.54, 1.807) is 0 Å². The van der Waals surface area contributed by atoms with Crippen molar-refractivity contribution in [2.24, 2.45) is 0 Å². The zero-order valence-corrected chi connectivity index (χ0v) is 7.69. The van der Waals surface area contributed by atoms with E-state index in [0.29, 0.717) is 0 Å². The third kappa shape index (κ3) is 1.60. The molecule has 0 aliphatic rings. The standard InChI is InChI=1S/C5HCl3N2O2/c6-3-2(10(11)12)1-9-5(8)4(3)7/h1H. The number of rotatable bonds is 1. The normalized spacial score (nSPS) is 9.92. The minimum absolute atomic E-state index is 0.0488. The van der Waals surface area contributed by atoms with Gasteiger partial charge in [0.2, 0.25) is 0 Å². The number of hydrogen-bond donors (Lipinski definition) is 0. The van der Waals surface area contributed by atoms with Crippen molar-refractivity contribution in [3.05, 3.63) is 31.5 Å². The number of nitrogens with zero attached hydrogens (tertiary/aromatic N) is 2. The maximum absolute atomic E-state index is 10.3. The van der Waals surface area contributed by atoms with Gasteiger partial charge in [-0.3, -0.25) is 10.1 Å². The van der Waals surface area contributed by atoms with E-state index >= 15 is 0 Å². The predicted molar refractivity (Wildman–Crippen MR) is 45.9 cm³/mol. The minimum Gasteiger partial charge on any atom is -0.258 e. The van der Waals surface area contributed by atoms with Gasteiger partial charge in [0.1, 0.15) is 21.4 Å². The van der Waals surface area contributed by atoms with E-state index in [0.717, 1.165) is 6.20 Å². The Balaban J connectivity index is 3.36. The summed E-state index contributed by atoms with van der Waals surface area (Å²) in [4.78, 5) is 13.0. The lowest BCUT2D eigenvalue weighted by Crippen LogP contribution is -1.91. The van der Waals surface area contributed by atoms with Crippen molar-refractivity contribution in [3.63, 3.8) is 0 Å². The van der Waals surface area contributed by atoms with E-state index < -0.39 is 4.92 Å². The largest absolute Gasteiger partial charge is 0.307 e. The molecule has 12 heavy (non-hydrogen) atoms. The first-order valence-corrected chi connectivity index (χ1v) is 3.81. The molecule has 1 aromatic heterocycles. The van der Waals surface area contributed by atoms with Crippen LogP contribution in [0.25, 0.3) is 0 Å². The van der Waals surface area contributed by atoms with Crippen LogP contribution < -0.4 is 0 Å². The Morgan fingerprint density at radius 1 is 1.33 bits per heavy atom. The van der Waals surface area contributed by atoms with Crippen molar-refractivity contribution in [3.8, 4) is 0 Å². The second-order valence-electron chi connectivity index (χ2n) is 1.82. The average Bonchev–Trinajstić information content (AvgIpc) is 2.00. The van der Waals surface area contributed by atoms with Crippen molar-refractivity contribution < 1.29 is 4.92 Å². The molecular formula is C5HCl3N2O2.